The van der Waals surface area contributed by atoms with E-state index in [1.807, 2.05) is 0 Å². The van der Waals surface area contributed by atoms with Gasteiger partial charge >= 0.3 is 0 Å². The topological polar surface area (TPSA) is 52.5 Å². The summed E-state index contributed by atoms with van der Waals surface area (Å²) in [4.78, 5) is 0. The molecular formula is C10H19NO2. The molecule has 0 spiro atoms. The first-order chi connectivity index (χ1) is 6.26. The van der Waals surface area contributed by atoms with Crippen LogP contribution in [0.1, 0.15) is 32.1 Å². The van der Waals surface area contributed by atoms with E-state index < -0.39 is 0 Å². The van der Waals surface area contributed by atoms with Gasteiger partial charge in [0.05, 0.1) is 6.10 Å². The van der Waals surface area contributed by atoms with Crippen molar-refractivity contribution in [2.75, 3.05) is 13.2 Å². The molecule has 3 N–H and O–H groups in total. The highest BCUT2D eigenvalue weighted by molar-refractivity contribution is 4.96. The fourth-order valence-electron chi connectivity index (χ4n) is 2.09. The summed E-state index contributed by atoms with van der Waals surface area (Å²) in [6.45, 7) is 1.17. The van der Waals surface area contributed by atoms with Crippen LogP contribution in [0.3, 0.4) is 0 Å². The molecule has 13 heavy (non-hydrogen) atoms. The molecule has 0 radical (unpaired) electrons. The second-order valence-corrected chi connectivity index (χ2v) is 4.64. The maximum Gasteiger partial charge on any atom is 0.0693 e. The molecule has 0 aromatic carbocycles. The third-order valence-corrected chi connectivity index (χ3v) is 3.51. The SMILES string of the molecule is OCC1(CNC2CCCC2O)CC1. The first-order valence-corrected chi connectivity index (χ1v) is 5.28. The van der Waals surface area contributed by atoms with Gasteiger partial charge in [-0.25, -0.2) is 0 Å². The van der Waals surface area contributed by atoms with Gasteiger partial charge in [-0.05, 0) is 32.1 Å². The highest BCUT2D eigenvalue weighted by Crippen LogP contribution is 2.44. The van der Waals surface area contributed by atoms with Gasteiger partial charge in [-0.2, -0.15) is 0 Å². The number of aliphatic hydroxyl groups is 2. The van der Waals surface area contributed by atoms with Gasteiger partial charge in [-0.15, -0.1) is 0 Å². The Morgan fingerprint density at radius 2 is 2.08 bits per heavy atom. The van der Waals surface area contributed by atoms with E-state index in [1.54, 1.807) is 0 Å². The Kier molecular flexibility index (Phi) is 2.58. The highest BCUT2D eigenvalue weighted by Gasteiger charge is 2.42. The molecule has 2 aliphatic carbocycles. The van der Waals surface area contributed by atoms with Crippen LogP contribution in [0.2, 0.25) is 0 Å². The summed E-state index contributed by atoms with van der Waals surface area (Å²) in [6, 6.07) is 0.282. The van der Waals surface area contributed by atoms with Gasteiger partial charge in [0, 0.05) is 24.6 Å². The molecule has 76 valence electrons. The molecule has 0 aromatic rings. The number of nitrogens with one attached hydrogen (secondary N) is 1. The van der Waals surface area contributed by atoms with Crippen LogP contribution >= 0.6 is 0 Å². The maximum absolute atomic E-state index is 9.55. The van der Waals surface area contributed by atoms with Crippen molar-refractivity contribution in [1.82, 2.24) is 5.32 Å². The minimum absolute atomic E-state index is 0.158. The Morgan fingerprint density at radius 3 is 2.54 bits per heavy atom. The molecule has 0 heterocycles. The molecule has 2 aliphatic rings. The van der Waals surface area contributed by atoms with Crippen LogP contribution in [-0.2, 0) is 0 Å². The molecule has 2 fully saturated rings. The van der Waals surface area contributed by atoms with E-state index in [0.717, 1.165) is 38.6 Å². The van der Waals surface area contributed by atoms with Crippen LogP contribution in [0.4, 0.5) is 0 Å². The summed E-state index contributed by atoms with van der Waals surface area (Å²) < 4.78 is 0. The lowest BCUT2D eigenvalue weighted by molar-refractivity contribution is 0.138. The van der Waals surface area contributed by atoms with E-state index >= 15 is 0 Å². The average molecular weight is 185 g/mol. The van der Waals surface area contributed by atoms with Crippen molar-refractivity contribution in [2.45, 2.75) is 44.2 Å². The number of hydrogen-bond donors (Lipinski definition) is 3. The van der Waals surface area contributed by atoms with Gasteiger partial charge in [0.25, 0.3) is 0 Å². The zero-order chi connectivity index (χ0) is 9.31. The van der Waals surface area contributed by atoms with Crippen LogP contribution in [0.15, 0.2) is 0 Å². The zero-order valence-corrected chi connectivity index (χ0v) is 8.00. The van der Waals surface area contributed by atoms with Crippen LogP contribution in [-0.4, -0.2) is 35.5 Å². The molecule has 3 heteroatoms. The van der Waals surface area contributed by atoms with E-state index in [2.05, 4.69) is 5.32 Å². The van der Waals surface area contributed by atoms with Crippen molar-refractivity contribution < 1.29 is 10.2 Å². The summed E-state index contributed by atoms with van der Waals surface area (Å²) in [5.74, 6) is 0. The third kappa shape index (κ3) is 2.03. The molecule has 2 unspecified atom stereocenters. The van der Waals surface area contributed by atoms with Crippen molar-refractivity contribution in [3.05, 3.63) is 0 Å². The average Bonchev–Trinajstić information content (AvgIpc) is 2.82. The molecule has 0 bridgehead atoms. The Balaban J connectivity index is 1.73. The minimum atomic E-state index is -0.158. The lowest BCUT2D eigenvalue weighted by atomic mass is 10.1. The van der Waals surface area contributed by atoms with Crippen LogP contribution < -0.4 is 5.32 Å². The minimum Gasteiger partial charge on any atom is -0.396 e. The largest absolute Gasteiger partial charge is 0.396 e. The molecule has 3 nitrogen and oxygen atoms in total. The first kappa shape index (κ1) is 9.44. The summed E-state index contributed by atoms with van der Waals surface area (Å²) in [5, 5.41) is 22.0. The molecule has 0 amide bonds. The van der Waals surface area contributed by atoms with Crippen molar-refractivity contribution in [3.63, 3.8) is 0 Å². The molecule has 2 atom stereocenters. The third-order valence-electron chi connectivity index (χ3n) is 3.51. The normalized spacial score (nSPS) is 36.5. The molecule has 0 saturated heterocycles. The maximum atomic E-state index is 9.55. The molecule has 2 rings (SSSR count). The fourth-order valence-corrected chi connectivity index (χ4v) is 2.09. The highest BCUT2D eigenvalue weighted by atomic mass is 16.3. The second-order valence-electron chi connectivity index (χ2n) is 4.64. The monoisotopic (exact) mass is 185 g/mol. The van der Waals surface area contributed by atoms with E-state index in [4.69, 9.17) is 5.11 Å². The fraction of sp³-hybridized carbons (Fsp3) is 1.00. The predicted molar refractivity (Wildman–Crippen MR) is 50.4 cm³/mol. The summed E-state index contributed by atoms with van der Waals surface area (Å²) in [6.07, 6.45) is 5.27. The van der Waals surface area contributed by atoms with Crippen LogP contribution in [0, 0.1) is 5.41 Å². The van der Waals surface area contributed by atoms with Crippen molar-refractivity contribution in [3.8, 4) is 0 Å². The lowest BCUT2D eigenvalue weighted by Crippen LogP contribution is -2.39. The van der Waals surface area contributed by atoms with Crippen molar-refractivity contribution in [1.29, 1.82) is 0 Å². The second kappa shape index (κ2) is 3.56. The summed E-state index contributed by atoms with van der Waals surface area (Å²) in [5.41, 5.74) is 0.169. The Labute approximate surface area is 79.2 Å². The molecule has 0 aliphatic heterocycles. The van der Waals surface area contributed by atoms with E-state index in [9.17, 15) is 5.11 Å². The van der Waals surface area contributed by atoms with Crippen molar-refractivity contribution in [2.24, 2.45) is 5.41 Å². The van der Waals surface area contributed by atoms with E-state index in [0.29, 0.717) is 6.61 Å². The van der Waals surface area contributed by atoms with Crippen molar-refractivity contribution >= 4 is 0 Å². The number of aliphatic hydroxyl groups excluding tert-OH is 2. The lowest BCUT2D eigenvalue weighted by Gasteiger charge is -2.20. The van der Waals surface area contributed by atoms with Gasteiger partial charge in [0.1, 0.15) is 0 Å². The van der Waals surface area contributed by atoms with Crippen LogP contribution in [0.5, 0.6) is 0 Å². The number of rotatable bonds is 4. The van der Waals surface area contributed by atoms with Gasteiger partial charge in [-0.1, -0.05) is 0 Å². The quantitative estimate of drug-likeness (QED) is 0.589. The van der Waals surface area contributed by atoms with Gasteiger partial charge in [-0.3, -0.25) is 0 Å². The molecular weight excluding hydrogens is 166 g/mol. The predicted octanol–water partition coefficient (Wildman–Crippen LogP) is 0.262. The van der Waals surface area contributed by atoms with Gasteiger partial charge in [0.15, 0.2) is 0 Å². The van der Waals surface area contributed by atoms with Gasteiger partial charge < -0.3 is 15.5 Å². The summed E-state index contributed by atoms with van der Waals surface area (Å²) >= 11 is 0. The Hall–Kier alpha value is -0.120. The smallest absolute Gasteiger partial charge is 0.0693 e. The first-order valence-electron chi connectivity index (χ1n) is 5.28. The van der Waals surface area contributed by atoms with E-state index in [-0.39, 0.29) is 17.6 Å². The van der Waals surface area contributed by atoms with Gasteiger partial charge in [0.2, 0.25) is 0 Å². The molecule has 2 saturated carbocycles. The van der Waals surface area contributed by atoms with Crippen LogP contribution in [0.25, 0.3) is 0 Å². The van der Waals surface area contributed by atoms with E-state index in [1.165, 1.54) is 0 Å². The zero-order valence-electron chi connectivity index (χ0n) is 8.00. The Bertz CT molecular complexity index is 180. The number of hydrogen-bond acceptors (Lipinski definition) is 3. The molecule has 0 aromatic heterocycles. The summed E-state index contributed by atoms with van der Waals surface area (Å²) in [7, 11) is 0. The Morgan fingerprint density at radius 1 is 1.31 bits per heavy atom. The standard InChI is InChI=1S/C10H19NO2/c12-7-10(4-5-10)6-11-8-2-1-3-9(8)13/h8-9,11-13H,1-7H2.